The molecule has 0 saturated heterocycles. The molecule has 126 valence electrons. The first-order valence-electron chi connectivity index (χ1n) is 7.70. The van der Waals surface area contributed by atoms with Gasteiger partial charge >= 0.3 is 0 Å². The quantitative estimate of drug-likeness (QED) is 0.473. The standard InChI is InChI=1S/C18H20N2O4/c1-13-9-10-15(16(12-13)20(22)23)19-18(21)8-5-11-24-17-7-4-3-6-14(17)2/h3-4,6-7,9-10,12H,5,8,11H2,1-2H3,(H,19,21). The summed E-state index contributed by atoms with van der Waals surface area (Å²) in [6.45, 7) is 4.13. The van der Waals surface area contributed by atoms with E-state index in [4.69, 9.17) is 4.74 Å². The second-order valence-electron chi connectivity index (χ2n) is 5.54. The number of nitrogens with one attached hydrogen (secondary N) is 1. The molecular weight excluding hydrogens is 308 g/mol. The molecule has 0 unspecified atom stereocenters. The van der Waals surface area contributed by atoms with Crippen molar-refractivity contribution in [2.75, 3.05) is 11.9 Å². The molecule has 0 fully saturated rings. The first kappa shape index (κ1) is 17.5. The normalized spacial score (nSPS) is 10.2. The minimum Gasteiger partial charge on any atom is -0.493 e. The smallest absolute Gasteiger partial charge is 0.293 e. The minimum absolute atomic E-state index is 0.0977. The van der Waals surface area contributed by atoms with Crippen molar-refractivity contribution < 1.29 is 14.5 Å². The monoisotopic (exact) mass is 328 g/mol. The van der Waals surface area contributed by atoms with Gasteiger partial charge in [-0.25, -0.2) is 0 Å². The van der Waals surface area contributed by atoms with Gasteiger partial charge in [0, 0.05) is 12.5 Å². The average Bonchev–Trinajstić information content (AvgIpc) is 2.54. The van der Waals surface area contributed by atoms with Gasteiger partial charge in [0.25, 0.3) is 5.69 Å². The molecule has 0 bridgehead atoms. The Balaban J connectivity index is 1.84. The summed E-state index contributed by atoms with van der Waals surface area (Å²) in [7, 11) is 0. The number of ether oxygens (including phenoxy) is 1. The molecule has 1 amide bonds. The number of amides is 1. The van der Waals surface area contributed by atoms with Gasteiger partial charge in [0.2, 0.25) is 5.91 Å². The number of rotatable bonds is 7. The molecule has 2 aromatic carbocycles. The van der Waals surface area contributed by atoms with E-state index in [1.807, 2.05) is 31.2 Å². The van der Waals surface area contributed by atoms with Crippen LogP contribution in [-0.4, -0.2) is 17.4 Å². The molecule has 2 rings (SSSR count). The van der Waals surface area contributed by atoms with E-state index in [1.165, 1.54) is 6.07 Å². The highest BCUT2D eigenvalue weighted by atomic mass is 16.6. The molecule has 0 aliphatic rings. The highest BCUT2D eigenvalue weighted by Gasteiger charge is 2.15. The number of carbonyl (C=O) groups excluding carboxylic acids is 1. The fourth-order valence-electron chi connectivity index (χ4n) is 2.24. The van der Waals surface area contributed by atoms with Gasteiger partial charge in [-0.3, -0.25) is 14.9 Å². The number of aryl methyl sites for hydroxylation is 2. The lowest BCUT2D eigenvalue weighted by atomic mass is 10.2. The lowest BCUT2D eigenvalue weighted by Crippen LogP contribution is -2.14. The molecule has 0 aliphatic heterocycles. The summed E-state index contributed by atoms with van der Waals surface area (Å²) < 4.78 is 5.63. The molecule has 2 aromatic rings. The lowest BCUT2D eigenvalue weighted by molar-refractivity contribution is -0.384. The Labute approximate surface area is 140 Å². The summed E-state index contributed by atoms with van der Waals surface area (Å²) in [4.78, 5) is 22.5. The Bertz CT molecular complexity index is 744. The van der Waals surface area contributed by atoms with Crippen molar-refractivity contribution in [1.82, 2.24) is 0 Å². The van der Waals surface area contributed by atoms with Crippen molar-refractivity contribution in [2.24, 2.45) is 0 Å². The van der Waals surface area contributed by atoms with Crippen molar-refractivity contribution in [3.63, 3.8) is 0 Å². The zero-order valence-corrected chi connectivity index (χ0v) is 13.7. The van der Waals surface area contributed by atoms with Crippen molar-refractivity contribution in [3.8, 4) is 5.75 Å². The first-order valence-corrected chi connectivity index (χ1v) is 7.70. The summed E-state index contributed by atoms with van der Waals surface area (Å²) in [6.07, 6.45) is 0.761. The zero-order chi connectivity index (χ0) is 17.5. The highest BCUT2D eigenvalue weighted by molar-refractivity contribution is 5.93. The van der Waals surface area contributed by atoms with Gasteiger partial charge in [0.05, 0.1) is 11.5 Å². The SMILES string of the molecule is Cc1ccc(NC(=O)CCCOc2ccccc2C)c([N+](=O)[O-])c1. The summed E-state index contributed by atoms with van der Waals surface area (Å²) in [6, 6.07) is 12.4. The summed E-state index contributed by atoms with van der Waals surface area (Å²) in [5.41, 5.74) is 1.93. The van der Waals surface area contributed by atoms with Crippen LogP contribution in [-0.2, 0) is 4.79 Å². The van der Waals surface area contributed by atoms with E-state index in [0.29, 0.717) is 13.0 Å². The molecule has 0 spiro atoms. The summed E-state index contributed by atoms with van der Waals surface area (Å²) in [5.74, 6) is 0.530. The van der Waals surface area contributed by atoms with Crippen LogP contribution in [0.25, 0.3) is 0 Å². The van der Waals surface area contributed by atoms with E-state index in [2.05, 4.69) is 5.32 Å². The largest absolute Gasteiger partial charge is 0.493 e. The van der Waals surface area contributed by atoms with E-state index in [9.17, 15) is 14.9 Å². The van der Waals surface area contributed by atoms with Crippen molar-refractivity contribution in [1.29, 1.82) is 0 Å². The first-order chi connectivity index (χ1) is 11.5. The maximum absolute atomic E-state index is 12.0. The average molecular weight is 328 g/mol. The molecule has 0 heterocycles. The highest BCUT2D eigenvalue weighted by Crippen LogP contribution is 2.25. The van der Waals surface area contributed by atoms with Crippen LogP contribution in [0, 0.1) is 24.0 Å². The summed E-state index contributed by atoms with van der Waals surface area (Å²) >= 11 is 0. The third-order valence-corrected chi connectivity index (χ3v) is 3.52. The Morgan fingerprint density at radius 3 is 2.67 bits per heavy atom. The van der Waals surface area contributed by atoms with Gasteiger partial charge in [-0.15, -0.1) is 0 Å². The van der Waals surface area contributed by atoms with Gasteiger partial charge in [-0.05, 0) is 43.5 Å². The molecule has 0 aromatic heterocycles. The number of benzene rings is 2. The number of nitrogens with zero attached hydrogens (tertiary/aromatic N) is 1. The van der Waals surface area contributed by atoms with E-state index in [-0.39, 0.29) is 23.7 Å². The third-order valence-electron chi connectivity index (χ3n) is 3.52. The molecule has 0 atom stereocenters. The third kappa shape index (κ3) is 4.81. The van der Waals surface area contributed by atoms with Crippen LogP contribution in [0.2, 0.25) is 0 Å². The van der Waals surface area contributed by atoms with Gasteiger partial charge in [-0.2, -0.15) is 0 Å². The van der Waals surface area contributed by atoms with Crippen LogP contribution in [0.1, 0.15) is 24.0 Å². The van der Waals surface area contributed by atoms with Crippen LogP contribution in [0.4, 0.5) is 11.4 Å². The van der Waals surface area contributed by atoms with E-state index in [1.54, 1.807) is 19.1 Å². The molecular formula is C18H20N2O4. The lowest BCUT2D eigenvalue weighted by Gasteiger charge is -2.09. The molecule has 0 saturated carbocycles. The number of hydrogen-bond acceptors (Lipinski definition) is 4. The molecule has 0 radical (unpaired) electrons. The second-order valence-corrected chi connectivity index (χ2v) is 5.54. The molecule has 6 nitrogen and oxygen atoms in total. The Kier molecular flexibility index (Phi) is 5.89. The van der Waals surface area contributed by atoms with Crippen molar-refractivity contribution >= 4 is 17.3 Å². The Morgan fingerprint density at radius 1 is 1.21 bits per heavy atom. The van der Waals surface area contributed by atoms with Gasteiger partial charge in [-0.1, -0.05) is 24.3 Å². The van der Waals surface area contributed by atoms with Crippen molar-refractivity contribution in [2.45, 2.75) is 26.7 Å². The number of hydrogen-bond donors (Lipinski definition) is 1. The number of nitro benzene ring substituents is 1. The van der Waals surface area contributed by atoms with Crippen LogP contribution in [0.5, 0.6) is 5.75 Å². The zero-order valence-electron chi connectivity index (χ0n) is 13.7. The van der Waals surface area contributed by atoms with Gasteiger partial charge in [0.15, 0.2) is 0 Å². The van der Waals surface area contributed by atoms with Crippen LogP contribution < -0.4 is 10.1 Å². The topological polar surface area (TPSA) is 81.5 Å². The predicted molar refractivity (Wildman–Crippen MR) is 92.4 cm³/mol. The van der Waals surface area contributed by atoms with Crippen LogP contribution >= 0.6 is 0 Å². The van der Waals surface area contributed by atoms with Gasteiger partial charge < -0.3 is 10.1 Å². The van der Waals surface area contributed by atoms with Crippen molar-refractivity contribution in [3.05, 3.63) is 63.7 Å². The van der Waals surface area contributed by atoms with Crippen LogP contribution in [0.3, 0.4) is 0 Å². The minimum atomic E-state index is -0.496. The Morgan fingerprint density at radius 2 is 1.96 bits per heavy atom. The molecule has 0 aliphatic carbocycles. The number of anilines is 1. The second kappa shape index (κ2) is 8.10. The summed E-state index contributed by atoms with van der Waals surface area (Å²) in [5, 5.41) is 13.6. The maximum atomic E-state index is 12.0. The fourth-order valence-corrected chi connectivity index (χ4v) is 2.24. The number of nitro groups is 1. The molecule has 1 N–H and O–H groups in total. The van der Waals surface area contributed by atoms with Gasteiger partial charge in [0.1, 0.15) is 11.4 Å². The molecule has 24 heavy (non-hydrogen) atoms. The van der Waals surface area contributed by atoms with E-state index < -0.39 is 4.92 Å². The number of para-hydroxylation sites is 1. The van der Waals surface area contributed by atoms with E-state index >= 15 is 0 Å². The fraction of sp³-hybridized carbons (Fsp3) is 0.278. The predicted octanol–water partition coefficient (Wildman–Crippen LogP) is 4.01. The van der Waals surface area contributed by atoms with Crippen LogP contribution in [0.15, 0.2) is 42.5 Å². The Hall–Kier alpha value is -2.89. The van der Waals surface area contributed by atoms with E-state index in [0.717, 1.165) is 16.9 Å². The molecule has 6 heteroatoms. The number of carbonyl (C=O) groups is 1. The maximum Gasteiger partial charge on any atom is 0.293 e.